The summed E-state index contributed by atoms with van der Waals surface area (Å²) < 4.78 is 10.7. The Morgan fingerprint density at radius 2 is 2.10 bits per heavy atom. The number of phenols is 1. The van der Waals surface area contributed by atoms with E-state index in [1.807, 2.05) is 22.6 Å². The van der Waals surface area contributed by atoms with Crippen molar-refractivity contribution in [1.29, 1.82) is 0 Å². The number of hydrogen-bond acceptors (Lipinski definition) is 5. The van der Waals surface area contributed by atoms with Gasteiger partial charge in [0.25, 0.3) is 0 Å². The Bertz CT molecular complexity index is 524. The summed E-state index contributed by atoms with van der Waals surface area (Å²) in [4.78, 5) is 11.4. The quantitative estimate of drug-likeness (QED) is 0.471. The Kier molecular flexibility index (Phi) is 5.61. The average Bonchev–Trinajstić information content (AvgIpc) is 2.31. The van der Waals surface area contributed by atoms with Crippen molar-refractivity contribution in [1.82, 2.24) is 5.43 Å². The first-order valence-electron chi connectivity index (χ1n) is 5.81. The molecule has 1 rings (SSSR count). The highest BCUT2D eigenvalue weighted by molar-refractivity contribution is 14.1. The smallest absolute Gasteiger partial charge is 0.428 e. The van der Waals surface area contributed by atoms with Crippen LogP contribution in [0.2, 0.25) is 0 Å². The van der Waals surface area contributed by atoms with Gasteiger partial charge in [-0.2, -0.15) is 5.10 Å². The van der Waals surface area contributed by atoms with Crippen LogP contribution >= 0.6 is 22.6 Å². The standard InChI is InChI=1S/C13H17IN2O4/c1-13(2,3)20-12(18)16-15-7-8-5-9(14)11(17)10(6-8)19-4/h5-7,17H,1-4H3,(H,16,18)/b15-7+. The number of halogens is 1. The number of hydrazone groups is 1. The zero-order chi connectivity index (χ0) is 15.3. The van der Waals surface area contributed by atoms with Gasteiger partial charge in [0.2, 0.25) is 0 Å². The van der Waals surface area contributed by atoms with E-state index in [0.717, 1.165) is 0 Å². The maximum absolute atomic E-state index is 11.4. The van der Waals surface area contributed by atoms with Crippen molar-refractivity contribution in [2.75, 3.05) is 7.11 Å². The van der Waals surface area contributed by atoms with Crippen molar-refractivity contribution in [2.45, 2.75) is 26.4 Å². The number of nitrogens with zero attached hydrogens (tertiary/aromatic N) is 1. The maximum atomic E-state index is 11.4. The molecule has 0 aliphatic heterocycles. The molecule has 0 aliphatic carbocycles. The fourth-order valence-electron chi connectivity index (χ4n) is 1.28. The Morgan fingerprint density at radius 1 is 1.45 bits per heavy atom. The van der Waals surface area contributed by atoms with E-state index in [9.17, 15) is 9.90 Å². The number of methoxy groups -OCH3 is 1. The lowest BCUT2D eigenvalue weighted by molar-refractivity contribution is 0.0529. The lowest BCUT2D eigenvalue weighted by Gasteiger charge is -2.18. The van der Waals surface area contributed by atoms with Gasteiger partial charge in [-0.05, 0) is 61.1 Å². The van der Waals surface area contributed by atoms with Gasteiger partial charge >= 0.3 is 6.09 Å². The normalized spacial score (nSPS) is 11.4. The van der Waals surface area contributed by atoms with Crippen LogP contribution in [-0.2, 0) is 4.74 Å². The van der Waals surface area contributed by atoms with Gasteiger partial charge in [0.05, 0.1) is 16.9 Å². The van der Waals surface area contributed by atoms with E-state index in [1.165, 1.54) is 13.3 Å². The molecule has 1 aromatic carbocycles. The summed E-state index contributed by atoms with van der Waals surface area (Å²) in [6.07, 6.45) is 0.808. The molecule has 7 heteroatoms. The van der Waals surface area contributed by atoms with Gasteiger partial charge in [-0.1, -0.05) is 0 Å². The van der Waals surface area contributed by atoms with Gasteiger partial charge in [0, 0.05) is 0 Å². The summed E-state index contributed by atoms with van der Waals surface area (Å²) in [6.45, 7) is 5.30. The number of ether oxygens (including phenoxy) is 2. The minimum Gasteiger partial charge on any atom is -0.504 e. The summed E-state index contributed by atoms with van der Waals surface area (Å²) in [5.41, 5.74) is 2.37. The molecule has 0 aliphatic rings. The molecule has 6 nitrogen and oxygen atoms in total. The number of carbonyl (C=O) groups excluding carboxylic acids is 1. The van der Waals surface area contributed by atoms with Crippen molar-refractivity contribution < 1.29 is 19.4 Å². The molecule has 110 valence electrons. The number of amides is 1. The van der Waals surface area contributed by atoms with E-state index in [0.29, 0.717) is 14.9 Å². The van der Waals surface area contributed by atoms with Crippen LogP contribution in [0.25, 0.3) is 0 Å². The molecule has 0 saturated heterocycles. The van der Waals surface area contributed by atoms with Gasteiger partial charge in [0.15, 0.2) is 11.5 Å². The topological polar surface area (TPSA) is 80.2 Å². The predicted molar refractivity (Wildman–Crippen MR) is 84.3 cm³/mol. The monoisotopic (exact) mass is 392 g/mol. The number of hydrogen-bond donors (Lipinski definition) is 2. The number of nitrogens with one attached hydrogen (secondary N) is 1. The molecule has 0 atom stereocenters. The third-order valence-corrected chi connectivity index (χ3v) is 2.86. The zero-order valence-corrected chi connectivity index (χ0v) is 13.9. The molecular weight excluding hydrogens is 375 g/mol. The van der Waals surface area contributed by atoms with E-state index in [2.05, 4.69) is 10.5 Å². The maximum Gasteiger partial charge on any atom is 0.428 e. The van der Waals surface area contributed by atoms with Gasteiger partial charge in [0.1, 0.15) is 5.60 Å². The summed E-state index contributed by atoms with van der Waals surface area (Å²) >= 11 is 1.98. The van der Waals surface area contributed by atoms with E-state index in [4.69, 9.17) is 9.47 Å². The van der Waals surface area contributed by atoms with Crippen molar-refractivity contribution >= 4 is 34.9 Å². The molecular formula is C13H17IN2O4. The second-order valence-corrected chi connectivity index (χ2v) is 6.09. The highest BCUT2D eigenvalue weighted by Crippen LogP contribution is 2.31. The molecule has 1 aromatic rings. The summed E-state index contributed by atoms with van der Waals surface area (Å²) in [7, 11) is 1.46. The van der Waals surface area contributed by atoms with Crippen LogP contribution in [0.4, 0.5) is 4.79 Å². The summed E-state index contributed by atoms with van der Waals surface area (Å²) in [5, 5.41) is 13.5. The third-order valence-electron chi connectivity index (χ3n) is 2.04. The zero-order valence-electron chi connectivity index (χ0n) is 11.7. The molecule has 0 aromatic heterocycles. The van der Waals surface area contributed by atoms with E-state index >= 15 is 0 Å². The molecule has 0 heterocycles. The van der Waals surface area contributed by atoms with Crippen LogP contribution in [0.3, 0.4) is 0 Å². The molecule has 0 radical (unpaired) electrons. The van der Waals surface area contributed by atoms with E-state index < -0.39 is 11.7 Å². The number of aromatic hydroxyl groups is 1. The first-order valence-corrected chi connectivity index (χ1v) is 6.89. The van der Waals surface area contributed by atoms with Crippen molar-refractivity contribution in [3.8, 4) is 11.5 Å². The minimum atomic E-state index is -0.630. The van der Waals surface area contributed by atoms with Crippen LogP contribution in [0.5, 0.6) is 11.5 Å². The first kappa shape index (κ1) is 16.5. The Hall–Kier alpha value is -1.51. The van der Waals surface area contributed by atoms with E-state index in [-0.39, 0.29) is 5.75 Å². The highest BCUT2D eigenvalue weighted by Gasteiger charge is 2.15. The second kappa shape index (κ2) is 6.78. The lowest BCUT2D eigenvalue weighted by atomic mass is 10.2. The molecule has 0 unspecified atom stereocenters. The molecule has 1 amide bonds. The number of carbonyl (C=O) groups is 1. The average molecular weight is 392 g/mol. The van der Waals surface area contributed by atoms with Gasteiger partial charge in [-0.15, -0.1) is 0 Å². The predicted octanol–water partition coefficient (Wildman–Crippen LogP) is 2.86. The van der Waals surface area contributed by atoms with Crippen LogP contribution in [0, 0.1) is 3.57 Å². The molecule has 2 N–H and O–H groups in total. The van der Waals surface area contributed by atoms with Gasteiger partial charge < -0.3 is 14.6 Å². The van der Waals surface area contributed by atoms with Crippen LogP contribution in [0.15, 0.2) is 17.2 Å². The molecule has 0 bridgehead atoms. The SMILES string of the molecule is COc1cc(/C=N/NC(=O)OC(C)(C)C)cc(I)c1O. The number of phenolic OH excluding ortho intramolecular Hbond substituents is 1. The molecule has 20 heavy (non-hydrogen) atoms. The molecule has 0 fully saturated rings. The van der Waals surface area contributed by atoms with Crippen LogP contribution in [0.1, 0.15) is 26.3 Å². The second-order valence-electron chi connectivity index (χ2n) is 4.93. The fraction of sp³-hybridized carbons (Fsp3) is 0.385. The highest BCUT2D eigenvalue weighted by atomic mass is 127. The summed E-state index contributed by atoms with van der Waals surface area (Å²) in [5.74, 6) is 0.418. The van der Waals surface area contributed by atoms with Crippen molar-refractivity contribution in [3.63, 3.8) is 0 Å². The molecule has 0 spiro atoms. The lowest BCUT2D eigenvalue weighted by Crippen LogP contribution is -2.29. The van der Waals surface area contributed by atoms with E-state index in [1.54, 1.807) is 32.9 Å². The Balaban J connectivity index is 2.72. The fourth-order valence-corrected chi connectivity index (χ4v) is 1.91. The van der Waals surface area contributed by atoms with Crippen LogP contribution < -0.4 is 10.2 Å². The number of rotatable bonds is 3. The Morgan fingerprint density at radius 3 is 2.65 bits per heavy atom. The minimum absolute atomic E-state index is 0.0744. The van der Waals surface area contributed by atoms with Gasteiger partial charge in [-0.3, -0.25) is 0 Å². The Labute approximate surface area is 131 Å². The third kappa shape index (κ3) is 5.24. The largest absolute Gasteiger partial charge is 0.504 e. The summed E-state index contributed by atoms with van der Waals surface area (Å²) in [6, 6.07) is 3.32. The van der Waals surface area contributed by atoms with Crippen molar-refractivity contribution in [2.24, 2.45) is 5.10 Å². The molecule has 0 saturated carbocycles. The first-order chi connectivity index (χ1) is 9.23. The van der Waals surface area contributed by atoms with Crippen molar-refractivity contribution in [3.05, 3.63) is 21.3 Å². The number of benzene rings is 1. The van der Waals surface area contributed by atoms with Crippen LogP contribution in [-0.4, -0.2) is 30.1 Å². The van der Waals surface area contributed by atoms with Gasteiger partial charge in [-0.25, -0.2) is 10.2 Å².